The van der Waals surface area contributed by atoms with Gasteiger partial charge in [-0.05, 0) is 0 Å². The molecule has 0 atom stereocenters. The lowest BCUT2D eigenvalue weighted by Crippen LogP contribution is -2.15. The van der Waals surface area contributed by atoms with Gasteiger partial charge >= 0.3 is 0 Å². The molecule has 0 aliphatic heterocycles. The van der Waals surface area contributed by atoms with Gasteiger partial charge in [-0.2, -0.15) is 0 Å². The fourth-order valence-electron chi connectivity index (χ4n) is 0. The quantitative estimate of drug-likeness (QED) is 0.397. The minimum Gasteiger partial charge on any atom is -0.359 e. The molecule has 0 heterocycles. The Bertz CT molecular complexity index is 6.00. The largest absolute Gasteiger partial charge is 0.359 e. The van der Waals surface area contributed by atoms with Gasteiger partial charge in [0.25, 0.3) is 7.55 Å². The van der Waals surface area contributed by atoms with Crippen LogP contribution in [0.25, 0.3) is 0 Å². The summed E-state index contributed by atoms with van der Waals surface area (Å²) in [5.41, 5.74) is 9.25. The molecule has 0 fully saturated rings. The van der Waals surface area contributed by atoms with E-state index >= 15 is 0 Å². The highest BCUT2D eigenvalue weighted by Crippen LogP contribution is 0.846. The minimum absolute atomic E-state index is 0. The second-order valence-corrected chi connectivity index (χ2v) is 0.236. The van der Waals surface area contributed by atoms with Crippen molar-refractivity contribution in [2.24, 2.45) is 11.3 Å². The zero-order valence-electron chi connectivity index (χ0n) is 2.27. The molecule has 0 saturated heterocycles. The molecule has 0 rings (SSSR count). The van der Waals surface area contributed by atoms with Crippen molar-refractivity contribution in [2.75, 3.05) is 0 Å². The van der Waals surface area contributed by atoms with E-state index in [2.05, 4.69) is 11.3 Å². The molecule has 0 aromatic carbocycles. The number of nitrogens with two attached hydrogens (primary N) is 2. The Hall–Kier alpha value is 0.465. The van der Waals surface area contributed by atoms with Crippen molar-refractivity contribution in [1.82, 2.24) is 0 Å². The highest BCUT2D eigenvalue weighted by molar-refractivity contribution is 8.93. The van der Waals surface area contributed by atoms with Crippen molar-refractivity contribution >= 4 is 24.5 Å². The van der Waals surface area contributed by atoms with Gasteiger partial charge in [-0.25, -0.2) is 0 Å². The topological polar surface area (TPSA) is 52.0 Å². The number of rotatable bonds is 0. The Balaban J connectivity index is 0. The Morgan fingerprint density at radius 2 is 1.25 bits per heavy atom. The molecule has 0 aliphatic carbocycles. The van der Waals surface area contributed by atoms with Gasteiger partial charge in [-0.15, -0.1) is 17.0 Å². The monoisotopic (exact) mass is 124 g/mol. The Morgan fingerprint density at radius 3 is 1.25 bits per heavy atom. The van der Waals surface area contributed by atoms with E-state index < -0.39 is 0 Å². The van der Waals surface area contributed by atoms with Crippen molar-refractivity contribution in [2.45, 2.75) is 0 Å². The Morgan fingerprint density at radius 1 is 1.25 bits per heavy atom. The molecule has 4 heavy (non-hydrogen) atoms. The van der Waals surface area contributed by atoms with Gasteiger partial charge in [-0.3, -0.25) is 0 Å². The summed E-state index contributed by atoms with van der Waals surface area (Å²) in [5, 5.41) is 0. The predicted molar refractivity (Wildman–Crippen MR) is 25.8 cm³/mol. The average Bonchev–Trinajstić information content (AvgIpc) is 0.918. The van der Waals surface area contributed by atoms with Crippen LogP contribution in [0.15, 0.2) is 0 Å². The van der Waals surface area contributed by atoms with Crippen molar-refractivity contribution in [1.29, 1.82) is 0 Å². The maximum absolute atomic E-state index is 4.62. The lowest BCUT2D eigenvalue weighted by Gasteiger charge is -1.49. The SMILES string of the molecule is Br.NBN. The first kappa shape index (κ1) is 8.82. The van der Waals surface area contributed by atoms with Gasteiger partial charge in [0.05, 0.1) is 0 Å². The van der Waals surface area contributed by atoms with E-state index in [0.717, 1.165) is 0 Å². The van der Waals surface area contributed by atoms with E-state index in [1.165, 1.54) is 0 Å². The van der Waals surface area contributed by atoms with Gasteiger partial charge in [0, 0.05) is 0 Å². The van der Waals surface area contributed by atoms with E-state index in [0.29, 0.717) is 0 Å². The molecule has 0 unspecified atom stereocenters. The van der Waals surface area contributed by atoms with Crippen LogP contribution in [-0.4, -0.2) is 7.55 Å². The molecule has 0 aromatic rings. The predicted octanol–water partition coefficient (Wildman–Crippen LogP) is -1.25. The van der Waals surface area contributed by atoms with E-state index in [9.17, 15) is 0 Å². The third-order valence-corrected chi connectivity index (χ3v) is 0. The third kappa shape index (κ3) is 24.5. The standard InChI is InChI=1S/BH5N2.BrH/c2-1-3;/h1H,2-3H2;1H. The van der Waals surface area contributed by atoms with Crippen LogP contribution in [-0.2, 0) is 0 Å². The zero-order valence-corrected chi connectivity index (χ0v) is 3.98. The van der Waals surface area contributed by atoms with Gasteiger partial charge in [0.1, 0.15) is 0 Å². The van der Waals surface area contributed by atoms with E-state index in [4.69, 9.17) is 0 Å². The molecular formula is H6BBrN2. The summed E-state index contributed by atoms with van der Waals surface area (Å²) < 4.78 is 0. The Kier molecular flexibility index (Phi) is 21.6. The van der Waals surface area contributed by atoms with Gasteiger partial charge in [-0.1, -0.05) is 0 Å². The molecule has 26 valence electrons. The number of hydrogen-bond donors (Lipinski definition) is 2. The summed E-state index contributed by atoms with van der Waals surface area (Å²) in [6.07, 6.45) is 0. The molecule has 0 saturated carbocycles. The molecule has 0 spiro atoms. The summed E-state index contributed by atoms with van der Waals surface area (Å²) in [6, 6.07) is 0. The zero-order chi connectivity index (χ0) is 2.71. The molecule has 0 aliphatic rings. The molecule has 0 aromatic heterocycles. The Labute approximate surface area is 36.6 Å². The van der Waals surface area contributed by atoms with Gasteiger partial charge < -0.3 is 11.3 Å². The first-order valence-corrected chi connectivity index (χ1v) is 0.816. The maximum atomic E-state index is 4.62. The molecule has 0 amide bonds. The molecule has 0 bridgehead atoms. The average molecular weight is 125 g/mol. The molecule has 4 heteroatoms. The van der Waals surface area contributed by atoms with Crippen LogP contribution in [0.1, 0.15) is 0 Å². The van der Waals surface area contributed by atoms with Crippen molar-refractivity contribution < 1.29 is 0 Å². The van der Waals surface area contributed by atoms with Gasteiger partial charge in [0.15, 0.2) is 0 Å². The third-order valence-electron chi connectivity index (χ3n) is 0. The molecule has 2 nitrogen and oxygen atoms in total. The van der Waals surface area contributed by atoms with Crippen molar-refractivity contribution in [3.63, 3.8) is 0 Å². The minimum atomic E-state index is 0. The van der Waals surface area contributed by atoms with Crippen LogP contribution in [0.4, 0.5) is 0 Å². The van der Waals surface area contributed by atoms with Crippen LogP contribution < -0.4 is 11.3 Å². The first-order valence-electron chi connectivity index (χ1n) is 0.816. The maximum Gasteiger partial charge on any atom is 0.280 e. The van der Waals surface area contributed by atoms with Crippen LogP contribution in [0.2, 0.25) is 0 Å². The van der Waals surface area contributed by atoms with Crippen LogP contribution in [0.3, 0.4) is 0 Å². The molecular weight excluding hydrogens is 119 g/mol. The first-order chi connectivity index (χ1) is 1.41. The second kappa shape index (κ2) is 9.81. The number of hydrogen-bond acceptors (Lipinski definition) is 2. The summed E-state index contributed by atoms with van der Waals surface area (Å²) >= 11 is 0. The van der Waals surface area contributed by atoms with Crippen LogP contribution in [0, 0.1) is 0 Å². The van der Waals surface area contributed by atoms with Crippen LogP contribution >= 0.6 is 17.0 Å². The van der Waals surface area contributed by atoms with Crippen LogP contribution in [0.5, 0.6) is 0 Å². The normalized spacial score (nSPS) is 3.50. The highest BCUT2D eigenvalue weighted by Gasteiger charge is 1.41. The second-order valence-electron chi connectivity index (χ2n) is 0.236. The van der Waals surface area contributed by atoms with E-state index in [1.807, 2.05) is 0 Å². The lowest BCUT2D eigenvalue weighted by molar-refractivity contribution is 1.76. The molecule has 0 radical (unpaired) electrons. The fourth-order valence-corrected chi connectivity index (χ4v) is 0. The number of halogens is 1. The summed E-state index contributed by atoms with van der Waals surface area (Å²) in [5.74, 6) is 0. The van der Waals surface area contributed by atoms with Crippen molar-refractivity contribution in [3.8, 4) is 0 Å². The van der Waals surface area contributed by atoms with Crippen molar-refractivity contribution in [3.05, 3.63) is 0 Å². The highest BCUT2D eigenvalue weighted by atomic mass is 79.9. The smallest absolute Gasteiger partial charge is 0.280 e. The fraction of sp³-hybridized carbons (Fsp3) is 0. The summed E-state index contributed by atoms with van der Waals surface area (Å²) in [4.78, 5) is 0. The lowest BCUT2D eigenvalue weighted by atomic mass is 10.3. The summed E-state index contributed by atoms with van der Waals surface area (Å²) in [6.45, 7) is 0. The van der Waals surface area contributed by atoms with E-state index in [-0.39, 0.29) is 24.5 Å². The molecule has 4 N–H and O–H groups in total. The van der Waals surface area contributed by atoms with Gasteiger partial charge in [0.2, 0.25) is 0 Å². The summed E-state index contributed by atoms with van der Waals surface area (Å²) in [7, 11) is 0.250. The van der Waals surface area contributed by atoms with E-state index in [1.54, 1.807) is 0 Å².